The van der Waals surface area contributed by atoms with Gasteiger partial charge in [-0.05, 0) is 42.9 Å². The predicted octanol–water partition coefficient (Wildman–Crippen LogP) is 1.33. The van der Waals surface area contributed by atoms with Crippen LogP contribution in [0.4, 0.5) is 5.13 Å². The Labute approximate surface area is 177 Å². The van der Waals surface area contributed by atoms with Gasteiger partial charge in [-0.2, -0.15) is 0 Å². The van der Waals surface area contributed by atoms with Gasteiger partial charge in [0.05, 0.1) is 5.69 Å². The van der Waals surface area contributed by atoms with Crippen LogP contribution in [0.15, 0.2) is 18.2 Å². The van der Waals surface area contributed by atoms with Crippen molar-refractivity contribution in [3.05, 3.63) is 45.5 Å². The molecule has 1 unspecified atom stereocenters. The second-order valence-corrected chi connectivity index (χ2v) is 9.17. The summed E-state index contributed by atoms with van der Waals surface area (Å²) < 4.78 is 0. The summed E-state index contributed by atoms with van der Waals surface area (Å²) in [5, 5.41) is 6.61. The average Bonchev–Trinajstić information content (AvgIpc) is 3.27. The van der Waals surface area contributed by atoms with E-state index in [2.05, 4.69) is 10.6 Å². The van der Waals surface area contributed by atoms with Crippen molar-refractivity contribution in [2.24, 2.45) is 5.73 Å². The molecule has 3 amide bonds. The summed E-state index contributed by atoms with van der Waals surface area (Å²) in [5.41, 5.74) is 9.78. The molecule has 0 spiro atoms. The Hall–Kier alpha value is -2.78. The minimum absolute atomic E-state index is 0.153. The van der Waals surface area contributed by atoms with E-state index < -0.39 is 11.9 Å². The third kappa shape index (κ3) is 3.37. The highest BCUT2D eigenvalue weighted by Crippen LogP contribution is 2.32. The number of carbonyl (C=O) groups excluding carboxylic acids is 3. The highest BCUT2D eigenvalue weighted by Gasteiger charge is 2.39. The highest BCUT2D eigenvalue weighted by atomic mass is 32.1. The molecule has 3 heterocycles. The van der Waals surface area contributed by atoms with Crippen molar-refractivity contribution in [1.29, 1.82) is 0 Å². The van der Waals surface area contributed by atoms with E-state index in [1.54, 1.807) is 22.3 Å². The molecule has 2 aromatic rings. The zero-order chi connectivity index (χ0) is 20.8. The van der Waals surface area contributed by atoms with Crippen LogP contribution in [0, 0.1) is 0 Å². The lowest BCUT2D eigenvalue weighted by Crippen LogP contribution is -2.52. The number of nitrogens with two attached hydrogens (primary N) is 1. The van der Waals surface area contributed by atoms with Crippen LogP contribution in [0.3, 0.4) is 0 Å². The van der Waals surface area contributed by atoms with Crippen LogP contribution >= 0.6 is 11.3 Å². The maximum absolute atomic E-state index is 12.9. The van der Waals surface area contributed by atoms with E-state index in [-0.39, 0.29) is 24.3 Å². The maximum atomic E-state index is 12.9. The van der Waals surface area contributed by atoms with Crippen molar-refractivity contribution in [3.63, 3.8) is 0 Å². The highest BCUT2D eigenvalue weighted by molar-refractivity contribution is 7.15. The van der Waals surface area contributed by atoms with Crippen LogP contribution in [0.25, 0.3) is 0 Å². The van der Waals surface area contributed by atoms with Gasteiger partial charge in [0.25, 0.3) is 5.91 Å². The lowest BCUT2D eigenvalue weighted by atomic mass is 9.99. The molecule has 1 aromatic carbocycles. The number of aryl methyl sites for hydroxylation is 1. The first-order valence-corrected chi connectivity index (χ1v) is 11.0. The molecule has 30 heavy (non-hydrogen) atoms. The summed E-state index contributed by atoms with van der Waals surface area (Å²) in [4.78, 5) is 44.2. The third-order valence-electron chi connectivity index (χ3n) is 6.09. The lowest BCUT2D eigenvalue weighted by molar-refractivity contribution is -0.136. The first kappa shape index (κ1) is 19.2. The summed E-state index contributed by atoms with van der Waals surface area (Å²) in [5.74, 6) is -0.823. The number of aromatic nitrogens is 1. The molecule has 2 aliphatic heterocycles. The Morgan fingerprint density at radius 1 is 1.23 bits per heavy atom. The fourth-order valence-electron chi connectivity index (χ4n) is 4.46. The Kier molecular flexibility index (Phi) is 4.79. The van der Waals surface area contributed by atoms with Crippen molar-refractivity contribution < 1.29 is 14.4 Å². The molecular formula is C21H23N5O3S. The predicted molar refractivity (Wildman–Crippen MR) is 112 cm³/mol. The van der Waals surface area contributed by atoms with E-state index in [0.29, 0.717) is 25.1 Å². The van der Waals surface area contributed by atoms with Crippen molar-refractivity contribution in [3.8, 4) is 0 Å². The fraction of sp³-hybridized carbons (Fsp3) is 0.429. The molecule has 9 heteroatoms. The number of imide groups is 1. The number of hydrogen-bond donors (Lipinski definition) is 3. The molecule has 5 rings (SSSR count). The molecule has 1 aromatic heterocycles. The molecule has 4 N–H and O–H groups in total. The molecule has 2 atom stereocenters. The van der Waals surface area contributed by atoms with Crippen molar-refractivity contribution in [1.82, 2.24) is 15.2 Å². The minimum atomic E-state index is -0.599. The number of carbonyl (C=O) groups is 3. The van der Waals surface area contributed by atoms with E-state index in [1.165, 1.54) is 4.88 Å². The van der Waals surface area contributed by atoms with E-state index in [1.807, 2.05) is 12.1 Å². The average molecular weight is 426 g/mol. The van der Waals surface area contributed by atoms with Gasteiger partial charge in [0.1, 0.15) is 6.04 Å². The number of rotatable bonds is 4. The Balaban J connectivity index is 1.32. The first-order chi connectivity index (χ1) is 14.5. The van der Waals surface area contributed by atoms with Crippen LogP contribution < -0.4 is 16.4 Å². The third-order valence-corrected chi connectivity index (χ3v) is 7.16. The smallest absolute Gasteiger partial charge is 0.255 e. The number of thiazole rings is 1. The molecule has 8 nitrogen and oxygen atoms in total. The van der Waals surface area contributed by atoms with Crippen molar-refractivity contribution in [2.75, 3.05) is 5.32 Å². The lowest BCUT2D eigenvalue weighted by Gasteiger charge is -2.29. The van der Waals surface area contributed by atoms with Crippen LogP contribution in [0.2, 0.25) is 0 Å². The number of amides is 3. The molecule has 3 aliphatic rings. The van der Waals surface area contributed by atoms with Gasteiger partial charge in [0.2, 0.25) is 11.8 Å². The summed E-state index contributed by atoms with van der Waals surface area (Å²) in [6.45, 7) is 0.930. The number of nitrogens with zero attached hydrogens (tertiary/aromatic N) is 2. The molecule has 156 valence electrons. The van der Waals surface area contributed by atoms with Crippen molar-refractivity contribution >= 4 is 34.2 Å². The first-order valence-electron chi connectivity index (χ1n) is 10.2. The van der Waals surface area contributed by atoms with Gasteiger partial charge < -0.3 is 16.0 Å². The van der Waals surface area contributed by atoms with Gasteiger partial charge in [0.15, 0.2) is 5.13 Å². The number of anilines is 1. The number of hydrogen-bond acceptors (Lipinski definition) is 7. The number of benzene rings is 1. The van der Waals surface area contributed by atoms with Gasteiger partial charge in [0, 0.05) is 36.0 Å². The standard InChI is InChI=1S/C21H23N5O3S/c22-12-4-5-15-17(8-12)30-21(24-15)23-9-11-2-1-3-13-14(11)10-26(20(13)29)16-6-7-18(27)25-19(16)28/h1-3,12,16H,4-10,22H2,(H,23,24)(H,25,27,28)/t12-,16?/m0/s1. The quantitative estimate of drug-likeness (QED) is 0.636. The van der Waals surface area contributed by atoms with Crippen LogP contribution in [-0.2, 0) is 35.5 Å². The number of nitrogens with one attached hydrogen (secondary N) is 2. The van der Waals surface area contributed by atoms with E-state index in [9.17, 15) is 14.4 Å². The van der Waals surface area contributed by atoms with E-state index >= 15 is 0 Å². The second-order valence-electron chi connectivity index (χ2n) is 8.09. The SMILES string of the molecule is N[C@H]1CCc2nc(NCc3cccc4c3CN(C3CCC(=O)NC3=O)C4=O)sc2C1. The molecule has 0 bridgehead atoms. The van der Waals surface area contributed by atoms with Gasteiger partial charge in [-0.1, -0.05) is 12.1 Å². The fourth-order valence-corrected chi connectivity index (χ4v) is 5.56. The van der Waals surface area contributed by atoms with Crippen LogP contribution in [0.1, 0.15) is 51.3 Å². The molecular weight excluding hydrogens is 402 g/mol. The number of fused-ring (bicyclic) bond motifs is 2. The van der Waals surface area contributed by atoms with E-state index in [0.717, 1.165) is 41.2 Å². The summed E-state index contributed by atoms with van der Waals surface area (Å²) in [7, 11) is 0. The molecule has 1 saturated heterocycles. The van der Waals surface area contributed by atoms with Gasteiger partial charge in [-0.25, -0.2) is 4.98 Å². The van der Waals surface area contributed by atoms with Crippen LogP contribution in [0.5, 0.6) is 0 Å². The monoisotopic (exact) mass is 425 g/mol. The van der Waals surface area contributed by atoms with Gasteiger partial charge in [-0.3, -0.25) is 19.7 Å². The summed E-state index contributed by atoms with van der Waals surface area (Å²) in [6, 6.07) is 5.28. The molecule has 0 saturated carbocycles. The topological polar surface area (TPSA) is 117 Å². The Morgan fingerprint density at radius 2 is 2.10 bits per heavy atom. The molecule has 0 radical (unpaired) electrons. The van der Waals surface area contributed by atoms with Crippen LogP contribution in [-0.4, -0.2) is 39.7 Å². The van der Waals surface area contributed by atoms with Crippen molar-refractivity contribution in [2.45, 2.75) is 57.3 Å². The normalized spacial score (nSPS) is 23.2. The van der Waals surface area contributed by atoms with E-state index in [4.69, 9.17) is 10.7 Å². The zero-order valence-electron chi connectivity index (χ0n) is 16.4. The Bertz CT molecular complexity index is 1050. The Morgan fingerprint density at radius 3 is 2.93 bits per heavy atom. The summed E-state index contributed by atoms with van der Waals surface area (Å²) >= 11 is 1.65. The van der Waals surface area contributed by atoms with Gasteiger partial charge >= 0.3 is 0 Å². The second kappa shape index (κ2) is 7.48. The molecule has 1 fully saturated rings. The zero-order valence-corrected chi connectivity index (χ0v) is 17.3. The van der Waals surface area contributed by atoms with Gasteiger partial charge in [-0.15, -0.1) is 11.3 Å². The number of piperidine rings is 1. The summed E-state index contributed by atoms with van der Waals surface area (Å²) in [6.07, 6.45) is 3.39. The minimum Gasteiger partial charge on any atom is -0.357 e. The largest absolute Gasteiger partial charge is 0.357 e. The molecule has 1 aliphatic carbocycles. The maximum Gasteiger partial charge on any atom is 0.255 e.